The van der Waals surface area contributed by atoms with Crippen LogP contribution in [0.3, 0.4) is 0 Å². The molecule has 27 heavy (non-hydrogen) atoms. The molecular weight excluding hydrogens is 346 g/mol. The molecule has 3 heterocycles. The molecular formula is C20H21N3O4. The Labute approximate surface area is 156 Å². The van der Waals surface area contributed by atoms with E-state index in [-0.39, 0.29) is 23.6 Å². The summed E-state index contributed by atoms with van der Waals surface area (Å²) >= 11 is 0. The molecule has 0 atom stereocenters. The minimum absolute atomic E-state index is 0.0172. The Balaban J connectivity index is 1.41. The van der Waals surface area contributed by atoms with E-state index < -0.39 is 0 Å². The number of benzene rings is 1. The molecule has 3 aromatic rings. The average molecular weight is 367 g/mol. The lowest BCUT2D eigenvalue weighted by molar-refractivity contribution is -0.109. The fraction of sp³-hybridized carbons (Fsp3) is 0.350. The Morgan fingerprint density at radius 2 is 2.19 bits per heavy atom. The molecule has 0 saturated carbocycles. The van der Waals surface area contributed by atoms with Gasteiger partial charge in [0.1, 0.15) is 12.0 Å². The quantitative estimate of drug-likeness (QED) is 0.667. The molecule has 0 unspecified atom stereocenters. The van der Waals surface area contributed by atoms with Crippen LogP contribution in [0.25, 0.3) is 10.8 Å². The zero-order valence-corrected chi connectivity index (χ0v) is 15.3. The molecule has 7 heteroatoms. The predicted octanol–water partition coefficient (Wildman–Crippen LogP) is 2.91. The fourth-order valence-electron chi connectivity index (χ4n) is 3.22. The van der Waals surface area contributed by atoms with Crippen molar-refractivity contribution < 1.29 is 18.7 Å². The van der Waals surface area contributed by atoms with Gasteiger partial charge in [0, 0.05) is 42.2 Å². The number of hydrogen-bond acceptors (Lipinski definition) is 6. The number of amides is 1. The molecule has 1 aliphatic heterocycles. The summed E-state index contributed by atoms with van der Waals surface area (Å²) in [5.74, 6) is 0.904. The highest BCUT2D eigenvalue weighted by Gasteiger charge is 2.36. The van der Waals surface area contributed by atoms with Crippen LogP contribution in [0.1, 0.15) is 23.3 Å². The van der Waals surface area contributed by atoms with E-state index >= 15 is 0 Å². The zero-order valence-electron chi connectivity index (χ0n) is 15.3. The van der Waals surface area contributed by atoms with Gasteiger partial charge in [-0.25, -0.2) is 4.98 Å². The molecule has 0 N–H and O–H groups in total. The first-order valence-corrected chi connectivity index (χ1v) is 8.77. The van der Waals surface area contributed by atoms with Crippen molar-refractivity contribution in [2.75, 3.05) is 26.8 Å². The van der Waals surface area contributed by atoms with E-state index in [1.54, 1.807) is 24.3 Å². The van der Waals surface area contributed by atoms with Crippen LogP contribution in [0.4, 0.5) is 0 Å². The highest BCUT2D eigenvalue weighted by atomic mass is 16.5. The molecule has 1 saturated heterocycles. The summed E-state index contributed by atoms with van der Waals surface area (Å²) in [5, 5.41) is 1.96. The Hall–Kier alpha value is -2.93. The highest BCUT2D eigenvalue weighted by molar-refractivity contribution is 5.91. The number of nitrogens with zero attached hydrogens (tertiary/aromatic N) is 3. The third kappa shape index (κ3) is 3.64. The summed E-state index contributed by atoms with van der Waals surface area (Å²) in [4.78, 5) is 22.6. The molecule has 1 amide bonds. The largest absolute Gasteiger partial charge is 0.483 e. The van der Waals surface area contributed by atoms with Crippen molar-refractivity contribution in [2.24, 2.45) is 5.41 Å². The molecule has 0 aliphatic carbocycles. The number of pyridine rings is 1. The Bertz CT molecular complexity index is 959. The van der Waals surface area contributed by atoms with Crippen LogP contribution in [0.5, 0.6) is 5.75 Å². The summed E-state index contributed by atoms with van der Waals surface area (Å²) in [6.45, 7) is 4.20. The summed E-state index contributed by atoms with van der Waals surface area (Å²) in [5.41, 5.74) is 0.297. The van der Waals surface area contributed by atoms with Gasteiger partial charge in [-0.15, -0.1) is 0 Å². The van der Waals surface area contributed by atoms with E-state index in [1.165, 1.54) is 6.26 Å². The summed E-state index contributed by atoms with van der Waals surface area (Å²) < 4.78 is 16.5. The number of carbonyl (C=O) groups excluding carboxylic acids is 1. The van der Waals surface area contributed by atoms with Gasteiger partial charge in [-0.2, -0.15) is 0 Å². The Kier molecular flexibility index (Phi) is 4.53. The molecule has 0 spiro atoms. The number of ether oxygens (including phenoxy) is 2. The topological polar surface area (TPSA) is 77.7 Å². The molecule has 1 aromatic carbocycles. The summed E-state index contributed by atoms with van der Waals surface area (Å²) in [7, 11) is 1.76. The van der Waals surface area contributed by atoms with Gasteiger partial charge in [-0.3, -0.25) is 9.78 Å². The van der Waals surface area contributed by atoms with Gasteiger partial charge in [0.15, 0.2) is 12.3 Å². The van der Waals surface area contributed by atoms with Crippen LogP contribution in [-0.4, -0.2) is 47.6 Å². The molecule has 140 valence electrons. The molecule has 1 fully saturated rings. The van der Waals surface area contributed by atoms with Crippen LogP contribution in [0, 0.1) is 5.41 Å². The number of hydrogen-bond donors (Lipinski definition) is 0. The molecule has 2 aromatic heterocycles. The van der Waals surface area contributed by atoms with Gasteiger partial charge >= 0.3 is 0 Å². The van der Waals surface area contributed by atoms with Crippen LogP contribution in [-0.2, 0) is 11.3 Å². The van der Waals surface area contributed by atoms with Crippen molar-refractivity contribution in [1.82, 2.24) is 14.9 Å². The van der Waals surface area contributed by atoms with Crippen LogP contribution < -0.4 is 4.74 Å². The number of oxazole rings is 1. The van der Waals surface area contributed by atoms with Crippen molar-refractivity contribution in [3.8, 4) is 5.75 Å². The van der Waals surface area contributed by atoms with Gasteiger partial charge in [0.25, 0.3) is 5.91 Å². The van der Waals surface area contributed by atoms with E-state index in [9.17, 15) is 4.79 Å². The minimum atomic E-state index is -0.172. The van der Waals surface area contributed by atoms with Gasteiger partial charge in [0.2, 0.25) is 5.89 Å². The summed E-state index contributed by atoms with van der Waals surface area (Å²) in [6.07, 6.45) is 4.89. The Morgan fingerprint density at radius 1 is 1.33 bits per heavy atom. The average Bonchev–Trinajstić information content (AvgIpc) is 3.13. The van der Waals surface area contributed by atoms with E-state index in [2.05, 4.69) is 16.9 Å². The lowest BCUT2D eigenvalue weighted by Crippen LogP contribution is -2.49. The number of carbonyl (C=O) groups is 1. The monoisotopic (exact) mass is 367 g/mol. The van der Waals surface area contributed by atoms with Crippen molar-refractivity contribution in [3.63, 3.8) is 0 Å². The second kappa shape index (κ2) is 7.00. The number of rotatable bonds is 6. The van der Waals surface area contributed by atoms with E-state index in [4.69, 9.17) is 13.9 Å². The number of aromatic nitrogens is 2. The smallest absolute Gasteiger partial charge is 0.275 e. The molecule has 4 rings (SSSR count). The van der Waals surface area contributed by atoms with Gasteiger partial charge in [-0.05, 0) is 12.1 Å². The molecule has 1 aliphatic rings. The molecule has 0 bridgehead atoms. The van der Waals surface area contributed by atoms with Gasteiger partial charge in [-0.1, -0.05) is 19.1 Å². The van der Waals surface area contributed by atoms with Crippen LogP contribution in [0.15, 0.2) is 47.3 Å². The second-order valence-electron chi connectivity index (χ2n) is 7.23. The third-order valence-corrected chi connectivity index (χ3v) is 4.63. The zero-order chi connectivity index (χ0) is 18.9. The first-order chi connectivity index (χ1) is 13.0. The normalized spacial score (nSPS) is 15.3. The van der Waals surface area contributed by atoms with E-state index in [0.717, 1.165) is 16.5 Å². The van der Waals surface area contributed by atoms with Crippen LogP contribution in [0.2, 0.25) is 0 Å². The second-order valence-corrected chi connectivity index (χ2v) is 7.23. The SMILES string of the molecule is CN(CC1(C)COC1)C(=O)c1coc(COc2cccc3cnccc23)n1. The predicted molar refractivity (Wildman–Crippen MR) is 98.5 cm³/mol. The van der Waals surface area contributed by atoms with Gasteiger partial charge in [0.05, 0.1) is 13.2 Å². The maximum Gasteiger partial charge on any atom is 0.275 e. The van der Waals surface area contributed by atoms with Crippen molar-refractivity contribution in [2.45, 2.75) is 13.5 Å². The fourth-order valence-corrected chi connectivity index (χ4v) is 3.22. The maximum atomic E-state index is 12.5. The number of fused-ring (bicyclic) bond motifs is 1. The lowest BCUT2D eigenvalue weighted by atomic mass is 9.88. The van der Waals surface area contributed by atoms with Gasteiger partial charge < -0.3 is 18.8 Å². The standard InChI is InChI=1S/C20H21N3O4/c1-20(12-25-13-20)11-23(2)19(24)16-9-27-18(22-16)10-26-17-5-3-4-14-8-21-7-6-15(14)17/h3-9H,10-13H2,1-2H3. The first-order valence-electron chi connectivity index (χ1n) is 8.77. The maximum absolute atomic E-state index is 12.5. The first kappa shape index (κ1) is 17.5. The lowest BCUT2D eigenvalue weighted by Gasteiger charge is -2.40. The minimum Gasteiger partial charge on any atom is -0.483 e. The van der Waals surface area contributed by atoms with Crippen molar-refractivity contribution in [1.29, 1.82) is 0 Å². The summed E-state index contributed by atoms with van der Waals surface area (Å²) in [6, 6.07) is 7.66. The molecule has 0 radical (unpaired) electrons. The molecule has 7 nitrogen and oxygen atoms in total. The van der Waals surface area contributed by atoms with E-state index in [0.29, 0.717) is 25.6 Å². The van der Waals surface area contributed by atoms with E-state index in [1.807, 2.05) is 24.3 Å². The Morgan fingerprint density at radius 3 is 2.96 bits per heavy atom. The van der Waals surface area contributed by atoms with Crippen LogP contribution >= 0.6 is 0 Å². The van der Waals surface area contributed by atoms with Crippen molar-refractivity contribution in [3.05, 3.63) is 54.5 Å². The third-order valence-electron chi connectivity index (χ3n) is 4.63. The highest BCUT2D eigenvalue weighted by Crippen LogP contribution is 2.28. The van der Waals surface area contributed by atoms with Crippen molar-refractivity contribution >= 4 is 16.7 Å².